The monoisotopic (exact) mass is 256 g/mol. The van der Waals surface area contributed by atoms with Crippen molar-refractivity contribution in [1.82, 2.24) is 9.80 Å². The first-order valence-electron chi connectivity index (χ1n) is 7.47. The predicted molar refractivity (Wildman–Crippen MR) is 78.0 cm³/mol. The molecule has 0 aliphatic carbocycles. The number of fused-ring (bicyclic) bond motifs is 1. The second-order valence-corrected chi connectivity index (χ2v) is 6.07. The average molecular weight is 256 g/mol. The van der Waals surface area contributed by atoms with Gasteiger partial charge in [-0.05, 0) is 44.5 Å². The molecule has 2 nitrogen and oxygen atoms in total. The van der Waals surface area contributed by atoms with Gasteiger partial charge in [-0.25, -0.2) is 0 Å². The van der Waals surface area contributed by atoms with Crippen molar-refractivity contribution >= 4 is 12.6 Å². The molecular formula is C14H28N2S. The van der Waals surface area contributed by atoms with Crippen molar-refractivity contribution in [3.8, 4) is 0 Å². The first-order valence-corrected chi connectivity index (χ1v) is 8.10. The van der Waals surface area contributed by atoms with E-state index in [1.807, 2.05) is 0 Å². The Bertz CT molecular complexity index is 210. The zero-order valence-electron chi connectivity index (χ0n) is 11.1. The standard InChI is InChI=1S/C14H28N2S/c17-12-6-2-1-4-8-15-10-11-16-9-5-3-7-14(16)13-15/h14,17H,1-13H2. The van der Waals surface area contributed by atoms with Crippen LogP contribution in [0, 0.1) is 0 Å². The summed E-state index contributed by atoms with van der Waals surface area (Å²) in [4.78, 5) is 5.42. The van der Waals surface area contributed by atoms with Gasteiger partial charge in [0.25, 0.3) is 0 Å². The van der Waals surface area contributed by atoms with Crippen LogP contribution in [0.15, 0.2) is 0 Å². The van der Waals surface area contributed by atoms with E-state index in [0.717, 1.165) is 11.8 Å². The zero-order valence-corrected chi connectivity index (χ0v) is 12.0. The van der Waals surface area contributed by atoms with Gasteiger partial charge in [0.1, 0.15) is 0 Å². The van der Waals surface area contributed by atoms with Crippen LogP contribution in [0.25, 0.3) is 0 Å². The van der Waals surface area contributed by atoms with Crippen LogP contribution in [0.4, 0.5) is 0 Å². The van der Waals surface area contributed by atoms with Gasteiger partial charge >= 0.3 is 0 Å². The molecule has 0 amide bonds. The van der Waals surface area contributed by atoms with E-state index in [2.05, 4.69) is 22.4 Å². The van der Waals surface area contributed by atoms with Crippen molar-refractivity contribution < 1.29 is 0 Å². The Morgan fingerprint density at radius 3 is 2.71 bits per heavy atom. The third-order valence-electron chi connectivity index (χ3n) is 4.30. The van der Waals surface area contributed by atoms with Gasteiger partial charge in [-0.3, -0.25) is 4.90 Å². The average Bonchev–Trinajstić information content (AvgIpc) is 2.38. The van der Waals surface area contributed by atoms with Crippen LogP contribution in [0.3, 0.4) is 0 Å². The van der Waals surface area contributed by atoms with E-state index in [1.165, 1.54) is 77.7 Å². The van der Waals surface area contributed by atoms with Gasteiger partial charge in [-0.2, -0.15) is 12.6 Å². The summed E-state index contributed by atoms with van der Waals surface area (Å²) in [6.45, 7) is 6.66. The van der Waals surface area contributed by atoms with Crippen molar-refractivity contribution in [2.24, 2.45) is 0 Å². The Hall–Kier alpha value is 0.270. The molecule has 2 heterocycles. The SMILES string of the molecule is SCCCCCCN1CCN2CCCCC2C1. The first-order chi connectivity index (χ1) is 8.40. The van der Waals surface area contributed by atoms with Crippen LogP contribution < -0.4 is 0 Å². The maximum Gasteiger partial charge on any atom is 0.0223 e. The highest BCUT2D eigenvalue weighted by atomic mass is 32.1. The summed E-state index contributed by atoms with van der Waals surface area (Å²) in [6.07, 6.45) is 9.77. The molecule has 100 valence electrons. The molecule has 2 fully saturated rings. The molecule has 1 atom stereocenters. The summed E-state index contributed by atoms with van der Waals surface area (Å²) in [7, 11) is 0. The summed E-state index contributed by atoms with van der Waals surface area (Å²) in [5.74, 6) is 1.06. The lowest BCUT2D eigenvalue weighted by molar-refractivity contribution is 0.0486. The zero-order chi connectivity index (χ0) is 11.9. The normalized spacial score (nSPS) is 27.0. The summed E-state index contributed by atoms with van der Waals surface area (Å²) in [5, 5.41) is 0. The highest BCUT2D eigenvalue weighted by Gasteiger charge is 2.28. The third-order valence-corrected chi connectivity index (χ3v) is 4.62. The lowest BCUT2D eigenvalue weighted by Crippen LogP contribution is -2.54. The fraction of sp³-hybridized carbons (Fsp3) is 1.00. The quantitative estimate of drug-likeness (QED) is 0.576. The minimum absolute atomic E-state index is 0.884. The van der Waals surface area contributed by atoms with Gasteiger partial charge in [-0.1, -0.05) is 19.3 Å². The number of rotatable bonds is 6. The lowest BCUT2D eigenvalue weighted by Gasteiger charge is -2.44. The van der Waals surface area contributed by atoms with Crippen LogP contribution in [-0.4, -0.2) is 54.3 Å². The Kier molecular flexibility index (Phi) is 6.16. The molecule has 2 saturated heterocycles. The van der Waals surface area contributed by atoms with E-state index >= 15 is 0 Å². The number of nitrogens with zero attached hydrogens (tertiary/aromatic N) is 2. The van der Waals surface area contributed by atoms with E-state index in [9.17, 15) is 0 Å². The van der Waals surface area contributed by atoms with E-state index in [1.54, 1.807) is 0 Å². The number of piperidine rings is 1. The summed E-state index contributed by atoms with van der Waals surface area (Å²) in [5.41, 5.74) is 0. The largest absolute Gasteiger partial charge is 0.301 e. The van der Waals surface area contributed by atoms with E-state index in [-0.39, 0.29) is 0 Å². The molecule has 0 radical (unpaired) electrons. The van der Waals surface area contributed by atoms with Crippen molar-refractivity contribution in [3.05, 3.63) is 0 Å². The maximum atomic E-state index is 4.26. The topological polar surface area (TPSA) is 6.48 Å². The number of hydrogen-bond donors (Lipinski definition) is 1. The molecule has 0 N–H and O–H groups in total. The van der Waals surface area contributed by atoms with E-state index in [4.69, 9.17) is 0 Å². The van der Waals surface area contributed by atoms with E-state index in [0.29, 0.717) is 0 Å². The number of hydrogen-bond acceptors (Lipinski definition) is 3. The molecule has 2 aliphatic rings. The summed E-state index contributed by atoms with van der Waals surface area (Å²) < 4.78 is 0. The molecule has 2 aliphatic heterocycles. The molecule has 0 aromatic carbocycles. The second kappa shape index (κ2) is 7.65. The summed E-state index contributed by atoms with van der Waals surface area (Å²) in [6, 6.07) is 0.884. The predicted octanol–water partition coefficient (Wildman–Crippen LogP) is 2.65. The Balaban J connectivity index is 1.59. The molecule has 0 aromatic rings. The van der Waals surface area contributed by atoms with Gasteiger partial charge in [-0.15, -0.1) is 0 Å². The van der Waals surface area contributed by atoms with Gasteiger partial charge in [0.2, 0.25) is 0 Å². The first kappa shape index (κ1) is 13.7. The number of thiol groups is 1. The van der Waals surface area contributed by atoms with Crippen LogP contribution in [0.2, 0.25) is 0 Å². The Morgan fingerprint density at radius 2 is 1.82 bits per heavy atom. The fourth-order valence-electron chi connectivity index (χ4n) is 3.22. The minimum atomic E-state index is 0.884. The van der Waals surface area contributed by atoms with Crippen molar-refractivity contribution in [1.29, 1.82) is 0 Å². The van der Waals surface area contributed by atoms with Gasteiger partial charge in [0.15, 0.2) is 0 Å². The fourth-order valence-corrected chi connectivity index (χ4v) is 3.45. The molecule has 0 bridgehead atoms. The third kappa shape index (κ3) is 4.46. The molecule has 1 unspecified atom stereocenters. The van der Waals surface area contributed by atoms with Crippen molar-refractivity contribution in [2.45, 2.75) is 51.0 Å². The molecular weight excluding hydrogens is 228 g/mol. The van der Waals surface area contributed by atoms with Crippen LogP contribution >= 0.6 is 12.6 Å². The minimum Gasteiger partial charge on any atom is -0.301 e. The second-order valence-electron chi connectivity index (χ2n) is 5.62. The molecule has 0 spiro atoms. The van der Waals surface area contributed by atoms with Crippen molar-refractivity contribution in [2.75, 3.05) is 38.5 Å². The van der Waals surface area contributed by atoms with Crippen LogP contribution in [-0.2, 0) is 0 Å². The molecule has 3 heteroatoms. The maximum absolute atomic E-state index is 4.26. The number of piperazine rings is 1. The Labute approximate surface area is 112 Å². The Morgan fingerprint density at radius 1 is 0.941 bits per heavy atom. The lowest BCUT2D eigenvalue weighted by atomic mass is 9.99. The van der Waals surface area contributed by atoms with Gasteiger partial charge in [0.05, 0.1) is 0 Å². The molecule has 2 rings (SSSR count). The van der Waals surface area contributed by atoms with E-state index < -0.39 is 0 Å². The van der Waals surface area contributed by atoms with Crippen LogP contribution in [0.5, 0.6) is 0 Å². The highest BCUT2D eigenvalue weighted by Crippen LogP contribution is 2.21. The van der Waals surface area contributed by atoms with Gasteiger partial charge < -0.3 is 4.90 Å². The molecule has 17 heavy (non-hydrogen) atoms. The molecule has 0 aromatic heterocycles. The highest BCUT2D eigenvalue weighted by molar-refractivity contribution is 7.80. The summed E-state index contributed by atoms with van der Waals surface area (Å²) >= 11 is 4.26. The smallest absolute Gasteiger partial charge is 0.0223 e. The number of unbranched alkanes of at least 4 members (excludes halogenated alkanes) is 3. The molecule has 0 saturated carbocycles. The van der Waals surface area contributed by atoms with Crippen molar-refractivity contribution in [3.63, 3.8) is 0 Å². The van der Waals surface area contributed by atoms with Gasteiger partial charge in [0, 0.05) is 25.7 Å². The van der Waals surface area contributed by atoms with Crippen LogP contribution in [0.1, 0.15) is 44.9 Å².